The van der Waals surface area contributed by atoms with E-state index in [2.05, 4.69) is 5.48 Å². The number of benzene rings is 1. The Morgan fingerprint density at radius 1 is 1.26 bits per heavy atom. The van der Waals surface area contributed by atoms with Crippen LogP contribution in [-0.4, -0.2) is 25.2 Å². The molecule has 0 atom stereocenters. The number of hydroxylamine groups is 1. The molecule has 0 unspecified atom stereocenters. The average molecular weight is 260 g/mol. The largest absolute Gasteiger partial charge is 0.451 e. The molecule has 1 saturated heterocycles. The summed E-state index contributed by atoms with van der Waals surface area (Å²) in [5.74, 6) is -0.282. The van der Waals surface area contributed by atoms with E-state index < -0.39 is 5.91 Å². The van der Waals surface area contributed by atoms with Crippen LogP contribution in [0.5, 0.6) is 0 Å². The van der Waals surface area contributed by atoms with Gasteiger partial charge in [0.15, 0.2) is 5.76 Å². The molecule has 1 aromatic heterocycles. The first-order chi connectivity index (χ1) is 9.33. The van der Waals surface area contributed by atoms with Gasteiger partial charge in [-0.25, -0.2) is 4.84 Å². The molecular weight excluding hydrogens is 246 g/mol. The summed E-state index contributed by atoms with van der Waals surface area (Å²) in [6, 6.07) is 9.12. The third-order valence-corrected chi connectivity index (χ3v) is 3.09. The SMILES string of the molecule is O=C([N]OC1CCOCC1)c1cc2ccccc2o1. The summed E-state index contributed by atoms with van der Waals surface area (Å²) >= 11 is 0. The zero-order chi connectivity index (χ0) is 13.1. The second-order valence-electron chi connectivity index (χ2n) is 4.46. The monoisotopic (exact) mass is 260 g/mol. The molecule has 1 aromatic carbocycles. The minimum Gasteiger partial charge on any atom is -0.451 e. The second kappa shape index (κ2) is 5.42. The van der Waals surface area contributed by atoms with Gasteiger partial charge < -0.3 is 9.15 Å². The molecule has 0 aliphatic carbocycles. The van der Waals surface area contributed by atoms with Crippen LogP contribution in [0.4, 0.5) is 0 Å². The van der Waals surface area contributed by atoms with Crippen molar-refractivity contribution in [1.82, 2.24) is 5.48 Å². The summed E-state index contributed by atoms with van der Waals surface area (Å²) in [6.45, 7) is 1.30. The molecular formula is C14H14NO4. The Kier molecular flexibility index (Phi) is 3.48. The highest BCUT2D eigenvalue weighted by Gasteiger charge is 2.19. The van der Waals surface area contributed by atoms with Crippen molar-refractivity contribution in [2.24, 2.45) is 0 Å². The molecule has 19 heavy (non-hydrogen) atoms. The van der Waals surface area contributed by atoms with Crippen LogP contribution in [0.3, 0.4) is 0 Å². The van der Waals surface area contributed by atoms with E-state index in [9.17, 15) is 4.79 Å². The number of carbonyl (C=O) groups is 1. The first-order valence-electron chi connectivity index (χ1n) is 6.30. The molecule has 3 rings (SSSR count). The van der Waals surface area contributed by atoms with Crippen molar-refractivity contribution < 1.29 is 18.8 Å². The minimum atomic E-state index is -0.484. The third kappa shape index (κ3) is 2.77. The maximum atomic E-state index is 11.8. The summed E-state index contributed by atoms with van der Waals surface area (Å²) < 4.78 is 10.6. The van der Waals surface area contributed by atoms with E-state index in [0.29, 0.717) is 18.8 Å². The van der Waals surface area contributed by atoms with Gasteiger partial charge in [0.2, 0.25) is 0 Å². The summed E-state index contributed by atoms with van der Waals surface area (Å²) in [4.78, 5) is 17.1. The fraction of sp³-hybridized carbons (Fsp3) is 0.357. The highest BCUT2D eigenvalue weighted by molar-refractivity contribution is 5.95. The second-order valence-corrected chi connectivity index (χ2v) is 4.46. The van der Waals surface area contributed by atoms with Crippen LogP contribution in [0.2, 0.25) is 0 Å². The van der Waals surface area contributed by atoms with Gasteiger partial charge in [0.1, 0.15) is 5.58 Å². The molecule has 0 spiro atoms. The molecule has 99 valence electrons. The van der Waals surface area contributed by atoms with E-state index in [1.807, 2.05) is 24.3 Å². The van der Waals surface area contributed by atoms with Crippen molar-refractivity contribution in [3.8, 4) is 0 Å². The van der Waals surface area contributed by atoms with Crippen LogP contribution in [0, 0.1) is 0 Å². The Morgan fingerprint density at radius 2 is 2.05 bits per heavy atom. The smallest absolute Gasteiger partial charge is 0.335 e. The van der Waals surface area contributed by atoms with E-state index in [0.717, 1.165) is 18.2 Å². The lowest BCUT2D eigenvalue weighted by Gasteiger charge is -2.20. The van der Waals surface area contributed by atoms with Crippen LogP contribution in [-0.2, 0) is 9.57 Å². The van der Waals surface area contributed by atoms with Gasteiger partial charge in [0.25, 0.3) is 0 Å². The van der Waals surface area contributed by atoms with Crippen LogP contribution in [0.25, 0.3) is 11.0 Å². The first-order valence-corrected chi connectivity index (χ1v) is 6.30. The molecule has 0 N–H and O–H groups in total. The van der Waals surface area contributed by atoms with Crippen molar-refractivity contribution in [2.75, 3.05) is 13.2 Å². The van der Waals surface area contributed by atoms with Crippen molar-refractivity contribution >= 4 is 16.9 Å². The molecule has 1 fully saturated rings. The fourth-order valence-electron chi connectivity index (χ4n) is 2.04. The Hall–Kier alpha value is -1.85. The zero-order valence-corrected chi connectivity index (χ0v) is 10.4. The van der Waals surface area contributed by atoms with E-state index in [1.165, 1.54) is 0 Å². The predicted octanol–water partition coefficient (Wildman–Crippen LogP) is 2.29. The molecule has 0 saturated carbocycles. The number of carbonyl (C=O) groups excluding carboxylic acids is 1. The number of furan rings is 1. The third-order valence-electron chi connectivity index (χ3n) is 3.09. The minimum absolute atomic E-state index is 0.0397. The summed E-state index contributed by atoms with van der Waals surface area (Å²) in [5.41, 5.74) is 4.30. The molecule has 0 bridgehead atoms. The highest BCUT2D eigenvalue weighted by atomic mass is 16.7. The number of amides is 1. The van der Waals surface area contributed by atoms with E-state index >= 15 is 0 Å². The molecule has 1 radical (unpaired) electrons. The number of hydrogen-bond donors (Lipinski definition) is 0. The van der Waals surface area contributed by atoms with E-state index in [1.54, 1.807) is 6.07 Å². The quantitative estimate of drug-likeness (QED) is 0.794. The van der Waals surface area contributed by atoms with Gasteiger partial charge in [-0.2, -0.15) is 0 Å². The normalized spacial score (nSPS) is 16.6. The maximum absolute atomic E-state index is 11.8. The predicted molar refractivity (Wildman–Crippen MR) is 67.6 cm³/mol. The molecule has 2 aromatic rings. The van der Waals surface area contributed by atoms with Gasteiger partial charge in [0.05, 0.1) is 6.10 Å². The lowest BCUT2D eigenvalue weighted by Crippen LogP contribution is -2.28. The van der Waals surface area contributed by atoms with Crippen molar-refractivity contribution in [3.63, 3.8) is 0 Å². The Bertz CT molecular complexity index is 539. The van der Waals surface area contributed by atoms with E-state index in [4.69, 9.17) is 14.0 Å². The molecule has 2 heterocycles. The van der Waals surface area contributed by atoms with Gasteiger partial charge in [-0.3, -0.25) is 4.79 Å². The van der Waals surface area contributed by atoms with Gasteiger partial charge >= 0.3 is 5.91 Å². The zero-order valence-electron chi connectivity index (χ0n) is 10.4. The van der Waals surface area contributed by atoms with Gasteiger partial charge in [0, 0.05) is 18.6 Å². The topological polar surface area (TPSA) is 62.8 Å². The summed E-state index contributed by atoms with van der Waals surface area (Å²) in [5, 5.41) is 0.882. The Balaban J connectivity index is 1.63. The van der Waals surface area contributed by atoms with Crippen molar-refractivity contribution in [3.05, 3.63) is 36.1 Å². The standard InChI is InChI=1S/C14H14NO4/c16-14(15-19-11-5-7-17-8-6-11)13-9-10-3-1-2-4-12(10)18-13/h1-4,9,11H,5-8H2. The maximum Gasteiger partial charge on any atom is 0.335 e. The van der Waals surface area contributed by atoms with Crippen molar-refractivity contribution in [1.29, 1.82) is 0 Å². The number of hydrogen-bond acceptors (Lipinski definition) is 4. The summed E-state index contributed by atoms with van der Waals surface area (Å²) in [7, 11) is 0. The number of rotatable bonds is 3. The molecule has 1 amide bonds. The van der Waals surface area contributed by atoms with Gasteiger partial charge in [-0.15, -0.1) is 0 Å². The molecule has 5 nitrogen and oxygen atoms in total. The van der Waals surface area contributed by atoms with Gasteiger partial charge in [-0.05, 0) is 25.0 Å². The van der Waals surface area contributed by atoms with Crippen LogP contribution >= 0.6 is 0 Å². The molecule has 1 aliphatic heterocycles. The van der Waals surface area contributed by atoms with Crippen LogP contribution in [0.1, 0.15) is 23.4 Å². The van der Waals surface area contributed by atoms with Crippen molar-refractivity contribution in [2.45, 2.75) is 18.9 Å². The summed E-state index contributed by atoms with van der Waals surface area (Å²) in [6.07, 6.45) is 1.48. The fourth-order valence-corrected chi connectivity index (χ4v) is 2.04. The van der Waals surface area contributed by atoms with Crippen LogP contribution < -0.4 is 5.48 Å². The lowest BCUT2D eigenvalue weighted by atomic mass is 10.2. The lowest BCUT2D eigenvalue weighted by molar-refractivity contribution is -0.0718. The Morgan fingerprint density at radius 3 is 2.84 bits per heavy atom. The highest BCUT2D eigenvalue weighted by Crippen LogP contribution is 2.19. The van der Waals surface area contributed by atoms with Gasteiger partial charge in [-0.1, -0.05) is 23.7 Å². The van der Waals surface area contributed by atoms with Crippen LogP contribution in [0.15, 0.2) is 34.7 Å². The van der Waals surface area contributed by atoms with E-state index in [-0.39, 0.29) is 11.9 Å². The number of para-hydroxylation sites is 1. The number of nitrogens with zero attached hydrogens (tertiary/aromatic N) is 1. The number of fused-ring (bicyclic) bond motifs is 1. The Labute approximate surface area is 110 Å². The molecule has 5 heteroatoms. The first kappa shape index (κ1) is 12.2. The number of ether oxygens (including phenoxy) is 1. The molecule has 1 aliphatic rings. The average Bonchev–Trinajstić information content (AvgIpc) is 2.90.